The fraction of sp³-hybridized carbons (Fsp3) is 0.500. The molecule has 0 bridgehead atoms. The molecule has 0 fully saturated rings. The summed E-state index contributed by atoms with van der Waals surface area (Å²) in [5.74, 6) is 0. The van der Waals surface area contributed by atoms with Gasteiger partial charge in [-0.15, -0.1) is 0 Å². The van der Waals surface area contributed by atoms with Gasteiger partial charge in [0, 0.05) is 24.9 Å². The molecule has 0 heterocycles. The predicted octanol–water partition coefficient (Wildman–Crippen LogP) is 3.45. The number of hydrogen-bond donors (Lipinski definition) is 1. The van der Waals surface area contributed by atoms with E-state index in [0.717, 1.165) is 12.1 Å². The fourth-order valence-electron chi connectivity index (χ4n) is 1.64. The van der Waals surface area contributed by atoms with Crippen LogP contribution in [-0.2, 0) is 10.9 Å². The second-order valence-electron chi connectivity index (χ2n) is 4.13. The zero-order valence-electron chi connectivity index (χ0n) is 11.0. The summed E-state index contributed by atoms with van der Waals surface area (Å²) in [6, 6.07) is 2.82. The van der Waals surface area contributed by atoms with Crippen LogP contribution in [0.4, 0.5) is 24.5 Å². The van der Waals surface area contributed by atoms with Crippen LogP contribution in [0.1, 0.15) is 19.4 Å². The molecular formula is C12H15F3N2O3. The number of rotatable bonds is 6. The minimum absolute atomic E-state index is 0.162. The minimum Gasteiger partial charge on any atom is -0.382 e. The first-order valence-corrected chi connectivity index (χ1v) is 5.96. The average Bonchev–Trinajstić information content (AvgIpc) is 2.35. The van der Waals surface area contributed by atoms with E-state index in [1.165, 1.54) is 6.07 Å². The molecular weight excluding hydrogens is 277 g/mol. The molecule has 5 nitrogen and oxygen atoms in total. The van der Waals surface area contributed by atoms with Gasteiger partial charge in [0.05, 0.1) is 11.0 Å². The highest BCUT2D eigenvalue weighted by Gasteiger charge is 2.38. The van der Waals surface area contributed by atoms with Gasteiger partial charge in [-0.3, -0.25) is 10.1 Å². The van der Waals surface area contributed by atoms with Crippen molar-refractivity contribution in [3.8, 4) is 0 Å². The monoisotopic (exact) mass is 292 g/mol. The number of nitrogens with one attached hydrogen (secondary N) is 1. The molecule has 0 spiro atoms. The third-order valence-corrected chi connectivity index (χ3v) is 2.54. The van der Waals surface area contributed by atoms with E-state index in [1.54, 1.807) is 6.92 Å². The SMILES string of the molecule is CCOC(C)CNc1ccc([N+](=O)[O-])c(C(F)(F)F)c1. The Morgan fingerprint density at radius 2 is 2.10 bits per heavy atom. The number of halogens is 3. The maximum atomic E-state index is 12.8. The second-order valence-corrected chi connectivity index (χ2v) is 4.13. The molecule has 1 rings (SSSR count). The molecule has 1 unspecified atom stereocenters. The van der Waals surface area contributed by atoms with Crippen molar-refractivity contribution in [1.29, 1.82) is 0 Å². The van der Waals surface area contributed by atoms with Crippen LogP contribution in [0.5, 0.6) is 0 Å². The molecule has 20 heavy (non-hydrogen) atoms. The van der Waals surface area contributed by atoms with Gasteiger partial charge in [0.15, 0.2) is 0 Å². The predicted molar refractivity (Wildman–Crippen MR) is 67.7 cm³/mol. The molecule has 1 atom stereocenters. The van der Waals surface area contributed by atoms with Crippen LogP contribution in [0.15, 0.2) is 18.2 Å². The Labute approximate surface area is 113 Å². The van der Waals surface area contributed by atoms with Gasteiger partial charge in [0.25, 0.3) is 5.69 Å². The van der Waals surface area contributed by atoms with Gasteiger partial charge in [0.2, 0.25) is 0 Å². The molecule has 0 radical (unpaired) electrons. The summed E-state index contributed by atoms with van der Waals surface area (Å²) in [5.41, 5.74) is -2.06. The normalized spacial score (nSPS) is 13.1. The summed E-state index contributed by atoms with van der Waals surface area (Å²) < 4.78 is 43.5. The molecule has 0 saturated heterocycles. The van der Waals surface area contributed by atoms with E-state index in [2.05, 4.69) is 5.32 Å². The molecule has 0 amide bonds. The van der Waals surface area contributed by atoms with Gasteiger partial charge in [-0.1, -0.05) is 0 Å². The Bertz CT molecular complexity index is 478. The Morgan fingerprint density at radius 1 is 1.45 bits per heavy atom. The highest BCUT2D eigenvalue weighted by Crippen LogP contribution is 2.37. The number of nitro groups is 1. The van der Waals surface area contributed by atoms with Gasteiger partial charge >= 0.3 is 6.18 Å². The van der Waals surface area contributed by atoms with E-state index in [4.69, 9.17) is 4.74 Å². The van der Waals surface area contributed by atoms with E-state index in [-0.39, 0.29) is 11.8 Å². The van der Waals surface area contributed by atoms with Crippen LogP contribution < -0.4 is 5.32 Å². The van der Waals surface area contributed by atoms with E-state index in [1.807, 2.05) is 6.92 Å². The lowest BCUT2D eigenvalue weighted by atomic mass is 10.1. The average molecular weight is 292 g/mol. The van der Waals surface area contributed by atoms with E-state index in [0.29, 0.717) is 13.2 Å². The van der Waals surface area contributed by atoms with Crippen molar-refractivity contribution >= 4 is 11.4 Å². The number of nitro benzene ring substituents is 1. The number of anilines is 1. The third-order valence-electron chi connectivity index (χ3n) is 2.54. The molecule has 8 heteroatoms. The lowest BCUT2D eigenvalue weighted by Crippen LogP contribution is -2.20. The topological polar surface area (TPSA) is 64.4 Å². The Balaban J connectivity index is 2.93. The summed E-state index contributed by atoms with van der Waals surface area (Å²) in [6.45, 7) is 4.39. The van der Waals surface area contributed by atoms with Crippen LogP contribution in [0.2, 0.25) is 0 Å². The Hall–Kier alpha value is -1.83. The zero-order chi connectivity index (χ0) is 15.3. The van der Waals surface area contributed by atoms with Crippen LogP contribution in [-0.4, -0.2) is 24.2 Å². The highest BCUT2D eigenvalue weighted by molar-refractivity contribution is 5.55. The molecule has 0 aliphatic heterocycles. The van der Waals surface area contributed by atoms with Gasteiger partial charge in [-0.2, -0.15) is 13.2 Å². The summed E-state index contributed by atoms with van der Waals surface area (Å²) in [5, 5.41) is 13.4. The maximum absolute atomic E-state index is 12.8. The summed E-state index contributed by atoms with van der Waals surface area (Å²) in [4.78, 5) is 9.55. The van der Waals surface area contributed by atoms with E-state index >= 15 is 0 Å². The van der Waals surface area contributed by atoms with Crippen LogP contribution in [0.3, 0.4) is 0 Å². The lowest BCUT2D eigenvalue weighted by molar-refractivity contribution is -0.388. The molecule has 0 aromatic heterocycles. The number of hydrogen-bond acceptors (Lipinski definition) is 4. The Kier molecular flexibility index (Phi) is 5.32. The summed E-state index contributed by atoms with van der Waals surface area (Å²) >= 11 is 0. The Morgan fingerprint density at radius 3 is 2.60 bits per heavy atom. The fourth-order valence-corrected chi connectivity index (χ4v) is 1.64. The number of benzene rings is 1. The van der Waals surface area contributed by atoms with Crippen molar-refractivity contribution in [2.75, 3.05) is 18.5 Å². The largest absolute Gasteiger partial charge is 0.423 e. The minimum atomic E-state index is -4.77. The van der Waals surface area contributed by atoms with Crippen molar-refractivity contribution in [2.24, 2.45) is 0 Å². The number of ether oxygens (including phenoxy) is 1. The molecule has 1 aromatic carbocycles. The van der Waals surface area contributed by atoms with Gasteiger partial charge < -0.3 is 10.1 Å². The van der Waals surface area contributed by atoms with Crippen molar-refractivity contribution in [2.45, 2.75) is 26.1 Å². The standard InChI is InChI=1S/C12H15F3N2O3/c1-3-20-8(2)7-16-9-4-5-11(17(18)19)10(6-9)12(13,14)15/h4-6,8,16H,3,7H2,1-2H3. The first kappa shape index (κ1) is 16.2. The van der Waals surface area contributed by atoms with Crippen molar-refractivity contribution < 1.29 is 22.8 Å². The quantitative estimate of drug-likeness (QED) is 0.644. The van der Waals surface area contributed by atoms with E-state index in [9.17, 15) is 23.3 Å². The highest BCUT2D eigenvalue weighted by atomic mass is 19.4. The van der Waals surface area contributed by atoms with Gasteiger partial charge in [-0.05, 0) is 26.0 Å². The number of alkyl halides is 3. The van der Waals surface area contributed by atoms with Gasteiger partial charge in [0.1, 0.15) is 5.56 Å². The van der Waals surface area contributed by atoms with Crippen molar-refractivity contribution in [3.63, 3.8) is 0 Å². The van der Waals surface area contributed by atoms with Crippen molar-refractivity contribution in [3.05, 3.63) is 33.9 Å². The second kappa shape index (κ2) is 6.56. The smallest absolute Gasteiger partial charge is 0.382 e. The summed E-state index contributed by atoms with van der Waals surface area (Å²) in [7, 11) is 0. The summed E-state index contributed by atoms with van der Waals surface area (Å²) in [6.07, 6.45) is -4.95. The van der Waals surface area contributed by atoms with Crippen molar-refractivity contribution in [1.82, 2.24) is 0 Å². The molecule has 0 saturated carbocycles. The molecule has 0 aliphatic carbocycles. The lowest BCUT2D eigenvalue weighted by Gasteiger charge is -2.15. The molecule has 0 aliphatic rings. The number of nitrogens with zero attached hydrogens (tertiary/aromatic N) is 1. The first-order chi connectivity index (χ1) is 9.25. The van der Waals surface area contributed by atoms with Crippen LogP contribution in [0.25, 0.3) is 0 Å². The zero-order valence-corrected chi connectivity index (χ0v) is 11.0. The molecule has 1 aromatic rings. The first-order valence-electron chi connectivity index (χ1n) is 5.96. The van der Waals surface area contributed by atoms with Gasteiger partial charge in [-0.25, -0.2) is 0 Å². The maximum Gasteiger partial charge on any atom is 0.423 e. The van der Waals surface area contributed by atoms with Crippen LogP contribution >= 0.6 is 0 Å². The molecule has 112 valence electrons. The third kappa shape index (κ3) is 4.37. The van der Waals surface area contributed by atoms with E-state index < -0.39 is 22.4 Å². The van der Waals surface area contributed by atoms with Crippen LogP contribution in [0, 0.1) is 10.1 Å². The molecule has 1 N–H and O–H groups in total.